The lowest BCUT2D eigenvalue weighted by Gasteiger charge is -2.09. The summed E-state index contributed by atoms with van der Waals surface area (Å²) >= 11 is 1.26. The summed E-state index contributed by atoms with van der Waals surface area (Å²) in [6.07, 6.45) is 9.41. The van der Waals surface area contributed by atoms with E-state index >= 15 is 0 Å². The Morgan fingerprint density at radius 1 is 1.10 bits per heavy atom. The summed E-state index contributed by atoms with van der Waals surface area (Å²) in [4.78, 5) is 10.7. The molecule has 0 radical (unpaired) electrons. The average molecular weight is 313 g/mol. The number of aliphatic carboxylic acids is 1. The van der Waals surface area contributed by atoms with E-state index in [2.05, 4.69) is 28.6 Å². The van der Waals surface area contributed by atoms with Gasteiger partial charge in [0.25, 0.3) is 0 Å². The van der Waals surface area contributed by atoms with Crippen LogP contribution in [0.1, 0.15) is 64.6 Å². The number of carbonyl (C=O) groups is 1. The molecule has 21 heavy (non-hydrogen) atoms. The molecule has 0 saturated carbocycles. The first-order valence-electron chi connectivity index (χ1n) is 7.95. The number of unbranched alkanes of at least 4 members (excludes halogenated alkanes) is 5. The molecular formula is C15H27N3O2S. The molecule has 0 fully saturated rings. The maximum atomic E-state index is 10.7. The molecule has 120 valence electrons. The van der Waals surface area contributed by atoms with Gasteiger partial charge in [-0.15, -0.1) is 10.2 Å². The Balaban J connectivity index is 2.50. The fourth-order valence-electron chi connectivity index (χ4n) is 2.24. The van der Waals surface area contributed by atoms with Gasteiger partial charge >= 0.3 is 5.97 Å². The standard InChI is InChI=1S/C15H27N3O2S/c1-3-5-6-7-8-9-11-18-13(10-4-2)16-17-15(18)21-12-14(19)20/h3-12H2,1-2H3,(H,19,20). The summed E-state index contributed by atoms with van der Waals surface area (Å²) in [6.45, 7) is 5.24. The van der Waals surface area contributed by atoms with Crippen LogP contribution < -0.4 is 0 Å². The SMILES string of the molecule is CCCCCCCCn1c(CCC)nnc1SCC(=O)O. The number of hydrogen-bond acceptors (Lipinski definition) is 4. The second kappa shape index (κ2) is 10.7. The highest BCUT2D eigenvalue weighted by molar-refractivity contribution is 7.99. The lowest BCUT2D eigenvalue weighted by atomic mass is 10.1. The maximum Gasteiger partial charge on any atom is 0.313 e. The topological polar surface area (TPSA) is 68.0 Å². The van der Waals surface area contributed by atoms with Crippen molar-refractivity contribution < 1.29 is 9.90 Å². The summed E-state index contributed by atoms with van der Waals surface area (Å²) in [5, 5.41) is 17.9. The van der Waals surface area contributed by atoms with Crippen LogP contribution in [0.5, 0.6) is 0 Å². The predicted molar refractivity (Wildman–Crippen MR) is 85.8 cm³/mol. The van der Waals surface area contributed by atoms with E-state index in [1.807, 2.05) is 0 Å². The Hall–Kier alpha value is -1.04. The summed E-state index contributed by atoms with van der Waals surface area (Å²) < 4.78 is 2.11. The minimum absolute atomic E-state index is 0.0424. The van der Waals surface area contributed by atoms with Crippen LogP contribution >= 0.6 is 11.8 Å². The molecule has 6 heteroatoms. The molecular weight excluding hydrogens is 286 g/mol. The molecule has 5 nitrogen and oxygen atoms in total. The van der Waals surface area contributed by atoms with E-state index in [9.17, 15) is 4.79 Å². The molecule has 0 aliphatic heterocycles. The Kier molecular flexibility index (Phi) is 9.14. The fraction of sp³-hybridized carbons (Fsp3) is 0.800. The molecule has 1 aromatic heterocycles. The van der Waals surface area contributed by atoms with Crippen LogP contribution in [0.2, 0.25) is 0 Å². The van der Waals surface area contributed by atoms with E-state index in [4.69, 9.17) is 5.11 Å². The van der Waals surface area contributed by atoms with Crippen LogP contribution in [0, 0.1) is 0 Å². The number of aromatic nitrogens is 3. The second-order valence-corrected chi connectivity index (χ2v) is 6.19. The number of thioether (sulfide) groups is 1. The molecule has 1 rings (SSSR count). The summed E-state index contributed by atoms with van der Waals surface area (Å²) in [5.41, 5.74) is 0. The Morgan fingerprint density at radius 3 is 2.48 bits per heavy atom. The third kappa shape index (κ3) is 6.98. The van der Waals surface area contributed by atoms with Gasteiger partial charge in [-0.05, 0) is 12.8 Å². The molecule has 1 heterocycles. The lowest BCUT2D eigenvalue weighted by molar-refractivity contribution is -0.133. The lowest BCUT2D eigenvalue weighted by Crippen LogP contribution is -2.07. The monoisotopic (exact) mass is 313 g/mol. The minimum Gasteiger partial charge on any atom is -0.481 e. The van der Waals surface area contributed by atoms with Crippen molar-refractivity contribution in [3.8, 4) is 0 Å². The van der Waals surface area contributed by atoms with Crippen molar-refractivity contribution in [2.75, 3.05) is 5.75 Å². The Labute approximate surface area is 131 Å². The summed E-state index contributed by atoms with van der Waals surface area (Å²) in [5.74, 6) is 0.214. The predicted octanol–water partition coefficient (Wildman–Crippen LogP) is 3.77. The molecule has 0 aliphatic rings. The molecule has 0 bridgehead atoms. The van der Waals surface area contributed by atoms with Crippen LogP contribution in [0.3, 0.4) is 0 Å². The molecule has 0 aliphatic carbocycles. The van der Waals surface area contributed by atoms with Crippen LogP contribution in [0.4, 0.5) is 0 Å². The van der Waals surface area contributed by atoms with Crippen molar-refractivity contribution in [1.82, 2.24) is 14.8 Å². The van der Waals surface area contributed by atoms with E-state index in [1.165, 1.54) is 43.9 Å². The van der Waals surface area contributed by atoms with Crippen LogP contribution in [-0.4, -0.2) is 31.6 Å². The van der Waals surface area contributed by atoms with Gasteiger partial charge in [0, 0.05) is 13.0 Å². The molecule has 0 spiro atoms. The third-order valence-electron chi connectivity index (χ3n) is 3.33. The first-order valence-corrected chi connectivity index (χ1v) is 8.94. The molecule has 0 aromatic carbocycles. The van der Waals surface area contributed by atoms with Gasteiger partial charge in [-0.2, -0.15) is 0 Å². The van der Waals surface area contributed by atoms with Crippen molar-refractivity contribution in [3.63, 3.8) is 0 Å². The van der Waals surface area contributed by atoms with Gasteiger partial charge in [-0.1, -0.05) is 57.7 Å². The number of nitrogens with zero attached hydrogens (tertiary/aromatic N) is 3. The highest BCUT2D eigenvalue weighted by atomic mass is 32.2. The normalized spacial score (nSPS) is 11.0. The zero-order valence-electron chi connectivity index (χ0n) is 13.2. The van der Waals surface area contributed by atoms with Crippen molar-refractivity contribution >= 4 is 17.7 Å². The van der Waals surface area contributed by atoms with E-state index in [0.29, 0.717) is 0 Å². The first-order chi connectivity index (χ1) is 10.2. The van der Waals surface area contributed by atoms with Crippen LogP contribution in [0.15, 0.2) is 5.16 Å². The fourth-order valence-corrected chi connectivity index (χ4v) is 2.94. The number of rotatable bonds is 12. The minimum atomic E-state index is -0.814. The molecule has 0 saturated heterocycles. The van der Waals surface area contributed by atoms with E-state index in [1.54, 1.807) is 0 Å². The second-order valence-electron chi connectivity index (χ2n) is 5.25. The number of aryl methyl sites for hydroxylation is 1. The van der Waals surface area contributed by atoms with Crippen molar-refractivity contribution in [3.05, 3.63) is 5.82 Å². The van der Waals surface area contributed by atoms with Gasteiger partial charge in [-0.3, -0.25) is 4.79 Å². The van der Waals surface area contributed by atoms with Gasteiger partial charge < -0.3 is 9.67 Å². The molecule has 1 N–H and O–H groups in total. The zero-order valence-corrected chi connectivity index (χ0v) is 14.0. The van der Waals surface area contributed by atoms with Crippen LogP contribution in [0.25, 0.3) is 0 Å². The van der Waals surface area contributed by atoms with Gasteiger partial charge in [0.2, 0.25) is 0 Å². The van der Waals surface area contributed by atoms with Gasteiger partial charge in [0.05, 0.1) is 5.75 Å². The molecule has 0 amide bonds. The molecule has 1 aromatic rings. The smallest absolute Gasteiger partial charge is 0.313 e. The third-order valence-corrected chi connectivity index (χ3v) is 4.28. The number of carboxylic acids is 1. The van der Waals surface area contributed by atoms with Crippen LogP contribution in [-0.2, 0) is 17.8 Å². The average Bonchev–Trinajstić information content (AvgIpc) is 2.83. The number of carboxylic acid groups (broad SMARTS) is 1. The largest absolute Gasteiger partial charge is 0.481 e. The molecule has 0 unspecified atom stereocenters. The maximum absolute atomic E-state index is 10.7. The number of hydrogen-bond donors (Lipinski definition) is 1. The van der Waals surface area contributed by atoms with E-state index in [0.717, 1.165) is 36.8 Å². The zero-order chi connectivity index (χ0) is 15.5. The van der Waals surface area contributed by atoms with Crippen molar-refractivity contribution in [1.29, 1.82) is 0 Å². The summed E-state index contributed by atoms with van der Waals surface area (Å²) in [7, 11) is 0. The first kappa shape index (κ1) is 18.0. The quantitative estimate of drug-likeness (QED) is 0.470. The van der Waals surface area contributed by atoms with Gasteiger partial charge in [0.15, 0.2) is 5.16 Å². The highest BCUT2D eigenvalue weighted by Crippen LogP contribution is 2.19. The Morgan fingerprint density at radius 2 is 1.81 bits per heavy atom. The summed E-state index contributed by atoms with van der Waals surface area (Å²) in [6, 6.07) is 0. The van der Waals surface area contributed by atoms with E-state index in [-0.39, 0.29) is 5.75 Å². The Bertz CT molecular complexity index is 421. The van der Waals surface area contributed by atoms with Crippen molar-refractivity contribution in [2.45, 2.75) is 76.9 Å². The van der Waals surface area contributed by atoms with Gasteiger partial charge in [-0.25, -0.2) is 0 Å². The van der Waals surface area contributed by atoms with Crippen molar-refractivity contribution in [2.24, 2.45) is 0 Å². The van der Waals surface area contributed by atoms with Gasteiger partial charge in [0.1, 0.15) is 5.82 Å². The molecule has 0 atom stereocenters. The highest BCUT2D eigenvalue weighted by Gasteiger charge is 2.13. The van der Waals surface area contributed by atoms with E-state index < -0.39 is 5.97 Å².